The molecule has 5 heteroatoms. The molecular weight excluding hydrogens is 340 g/mol. The lowest BCUT2D eigenvalue weighted by Crippen LogP contribution is -2.37. The van der Waals surface area contributed by atoms with Gasteiger partial charge in [0.05, 0.1) is 19.2 Å². The molecule has 0 atom stereocenters. The van der Waals surface area contributed by atoms with Crippen molar-refractivity contribution in [2.45, 2.75) is 32.2 Å². The number of hydrogen-bond donors (Lipinski definition) is 2. The lowest BCUT2D eigenvalue weighted by Gasteiger charge is -2.07. The van der Waals surface area contributed by atoms with Gasteiger partial charge in [0.1, 0.15) is 5.58 Å². The Bertz CT molecular complexity index is 976. The summed E-state index contributed by atoms with van der Waals surface area (Å²) in [5.41, 5.74) is 5.42. The molecule has 0 unspecified atom stereocenters. The van der Waals surface area contributed by atoms with E-state index in [0.29, 0.717) is 6.54 Å². The van der Waals surface area contributed by atoms with E-state index >= 15 is 0 Å². The van der Waals surface area contributed by atoms with Crippen LogP contribution in [0.25, 0.3) is 11.0 Å². The van der Waals surface area contributed by atoms with Gasteiger partial charge in [0.2, 0.25) is 11.8 Å². The fourth-order valence-electron chi connectivity index (χ4n) is 3.56. The van der Waals surface area contributed by atoms with Crippen LogP contribution in [0.5, 0.6) is 0 Å². The van der Waals surface area contributed by atoms with Crippen LogP contribution >= 0.6 is 0 Å². The Hall–Kier alpha value is -3.08. The first-order valence-electron chi connectivity index (χ1n) is 9.28. The van der Waals surface area contributed by atoms with Gasteiger partial charge in [-0.1, -0.05) is 30.3 Å². The van der Waals surface area contributed by atoms with Crippen molar-refractivity contribution in [2.24, 2.45) is 0 Å². The van der Waals surface area contributed by atoms with Crippen molar-refractivity contribution in [3.63, 3.8) is 0 Å². The van der Waals surface area contributed by atoms with E-state index in [-0.39, 0.29) is 24.8 Å². The van der Waals surface area contributed by atoms with Crippen molar-refractivity contribution in [3.05, 3.63) is 71.0 Å². The summed E-state index contributed by atoms with van der Waals surface area (Å²) in [6.07, 6.45) is 5.21. The highest BCUT2D eigenvalue weighted by Gasteiger charge is 2.17. The molecule has 27 heavy (non-hydrogen) atoms. The van der Waals surface area contributed by atoms with Gasteiger partial charge in [-0.15, -0.1) is 0 Å². The Morgan fingerprint density at radius 1 is 0.963 bits per heavy atom. The number of hydrogen-bond acceptors (Lipinski definition) is 3. The molecule has 1 aliphatic rings. The predicted molar refractivity (Wildman–Crippen MR) is 103 cm³/mol. The molecule has 0 radical (unpaired) electrons. The maximum Gasteiger partial charge on any atom is 0.239 e. The second kappa shape index (κ2) is 7.66. The Balaban J connectivity index is 1.30. The Labute approximate surface area is 157 Å². The highest BCUT2D eigenvalue weighted by Crippen LogP contribution is 2.30. The van der Waals surface area contributed by atoms with Crippen molar-refractivity contribution in [1.29, 1.82) is 0 Å². The van der Waals surface area contributed by atoms with Gasteiger partial charge in [0.25, 0.3) is 0 Å². The van der Waals surface area contributed by atoms with Gasteiger partial charge in [0, 0.05) is 17.5 Å². The minimum atomic E-state index is -0.206. The summed E-state index contributed by atoms with van der Waals surface area (Å²) >= 11 is 0. The fourth-order valence-corrected chi connectivity index (χ4v) is 3.56. The molecule has 0 aliphatic heterocycles. The lowest BCUT2D eigenvalue weighted by molar-refractivity contribution is -0.125. The van der Waals surface area contributed by atoms with Crippen molar-refractivity contribution >= 4 is 22.8 Å². The zero-order valence-corrected chi connectivity index (χ0v) is 15.1. The Kier molecular flexibility index (Phi) is 4.92. The molecule has 1 heterocycles. The Morgan fingerprint density at radius 2 is 1.74 bits per heavy atom. The highest BCUT2D eigenvalue weighted by molar-refractivity contribution is 5.90. The van der Waals surface area contributed by atoms with Gasteiger partial charge in [-0.05, 0) is 48.1 Å². The molecule has 1 aliphatic carbocycles. The van der Waals surface area contributed by atoms with Gasteiger partial charge < -0.3 is 15.1 Å². The van der Waals surface area contributed by atoms with Gasteiger partial charge >= 0.3 is 0 Å². The summed E-state index contributed by atoms with van der Waals surface area (Å²) in [4.78, 5) is 24.2. The third-order valence-corrected chi connectivity index (χ3v) is 5.00. The molecule has 2 aromatic carbocycles. The van der Waals surface area contributed by atoms with E-state index in [1.165, 1.54) is 17.5 Å². The number of fused-ring (bicyclic) bond motifs is 2. The van der Waals surface area contributed by atoms with Crippen LogP contribution in [0.15, 0.2) is 53.1 Å². The second-order valence-corrected chi connectivity index (χ2v) is 6.95. The van der Waals surface area contributed by atoms with E-state index in [0.717, 1.165) is 34.9 Å². The maximum absolute atomic E-state index is 12.2. The van der Waals surface area contributed by atoms with Gasteiger partial charge in [-0.25, -0.2) is 0 Å². The molecule has 1 aromatic heterocycles. The van der Waals surface area contributed by atoms with Crippen LogP contribution in [0.1, 0.15) is 28.7 Å². The van der Waals surface area contributed by atoms with Gasteiger partial charge in [0.15, 0.2) is 0 Å². The van der Waals surface area contributed by atoms with Crippen molar-refractivity contribution in [2.75, 3.05) is 6.54 Å². The topological polar surface area (TPSA) is 71.3 Å². The van der Waals surface area contributed by atoms with Gasteiger partial charge in [-0.3, -0.25) is 9.59 Å². The number of benzene rings is 2. The molecule has 0 fully saturated rings. The van der Waals surface area contributed by atoms with Crippen LogP contribution in [0, 0.1) is 0 Å². The van der Waals surface area contributed by atoms with Crippen LogP contribution in [-0.2, 0) is 35.4 Å². The van der Waals surface area contributed by atoms with E-state index in [9.17, 15) is 9.59 Å². The number of carbonyl (C=O) groups is 2. The summed E-state index contributed by atoms with van der Waals surface area (Å²) in [6.45, 7) is 0.421. The largest absolute Gasteiger partial charge is 0.464 e. The summed E-state index contributed by atoms with van der Waals surface area (Å²) < 4.78 is 5.63. The first-order valence-corrected chi connectivity index (χ1v) is 9.28. The molecule has 138 valence electrons. The average Bonchev–Trinajstić information content (AvgIpc) is 3.30. The summed E-state index contributed by atoms with van der Waals surface area (Å²) in [5, 5.41) is 6.48. The monoisotopic (exact) mass is 362 g/mol. The van der Waals surface area contributed by atoms with Crippen LogP contribution in [0.3, 0.4) is 0 Å². The van der Waals surface area contributed by atoms with E-state index in [4.69, 9.17) is 4.42 Å². The number of nitrogens with one attached hydrogen (secondary N) is 2. The standard InChI is InChI=1S/C22H22N2O3/c25-21(24-13-22(26)23-12-15-5-2-1-3-6-15)11-18-14-27-20-10-17-8-4-7-16(17)9-19(18)20/h1-3,5-6,9-10,14H,4,7-8,11-13H2,(H,23,26)(H,24,25). The third-order valence-electron chi connectivity index (χ3n) is 5.00. The minimum absolute atomic E-state index is 0.0309. The molecule has 0 saturated heterocycles. The van der Waals surface area contributed by atoms with E-state index < -0.39 is 0 Å². The first-order chi connectivity index (χ1) is 13.2. The van der Waals surface area contributed by atoms with E-state index in [1.807, 2.05) is 30.3 Å². The summed E-state index contributed by atoms with van der Waals surface area (Å²) in [6, 6.07) is 13.9. The average molecular weight is 362 g/mol. The van der Waals surface area contributed by atoms with Crippen molar-refractivity contribution < 1.29 is 14.0 Å². The molecule has 0 saturated carbocycles. The van der Waals surface area contributed by atoms with Crippen LogP contribution in [0.2, 0.25) is 0 Å². The van der Waals surface area contributed by atoms with Crippen LogP contribution < -0.4 is 10.6 Å². The second-order valence-electron chi connectivity index (χ2n) is 6.95. The smallest absolute Gasteiger partial charge is 0.239 e. The molecule has 2 N–H and O–H groups in total. The number of amides is 2. The molecule has 2 amide bonds. The number of carbonyl (C=O) groups excluding carboxylic acids is 2. The molecule has 0 bridgehead atoms. The minimum Gasteiger partial charge on any atom is -0.464 e. The van der Waals surface area contributed by atoms with E-state index in [2.05, 4.69) is 22.8 Å². The molecule has 3 aromatic rings. The summed E-state index contributed by atoms with van der Waals surface area (Å²) in [7, 11) is 0. The van der Waals surface area contributed by atoms with Crippen molar-refractivity contribution in [3.8, 4) is 0 Å². The van der Waals surface area contributed by atoms with Crippen LogP contribution in [-0.4, -0.2) is 18.4 Å². The lowest BCUT2D eigenvalue weighted by atomic mass is 10.0. The zero-order valence-electron chi connectivity index (χ0n) is 15.1. The zero-order chi connectivity index (χ0) is 18.6. The normalized spacial score (nSPS) is 12.7. The number of rotatable bonds is 6. The third kappa shape index (κ3) is 4.03. The SMILES string of the molecule is O=C(CNC(=O)Cc1coc2cc3c(cc12)CCC3)NCc1ccccc1. The fraction of sp³-hybridized carbons (Fsp3) is 0.273. The summed E-state index contributed by atoms with van der Waals surface area (Å²) in [5.74, 6) is -0.393. The molecule has 0 spiro atoms. The van der Waals surface area contributed by atoms with Crippen molar-refractivity contribution in [1.82, 2.24) is 10.6 Å². The predicted octanol–water partition coefficient (Wildman–Crippen LogP) is 2.90. The number of furan rings is 1. The van der Waals surface area contributed by atoms with E-state index in [1.54, 1.807) is 6.26 Å². The molecule has 4 rings (SSSR count). The molecule has 5 nitrogen and oxygen atoms in total. The molecular formula is C22H22N2O3. The highest BCUT2D eigenvalue weighted by atomic mass is 16.3. The van der Waals surface area contributed by atoms with Gasteiger partial charge in [-0.2, -0.15) is 0 Å². The maximum atomic E-state index is 12.2. The van der Waals surface area contributed by atoms with Crippen LogP contribution in [0.4, 0.5) is 0 Å². The Morgan fingerprint density at radius 3 is 2.56 bits per heavy atom. The quantitative estimate of drug-likeness (QED) is 0.708. The number of aryl methyl sites for hydroxylation is 2. The first kappa shape index (κ1) is 17.3.